The van der Waals surface area contributed by atoms with Crippen LogP contribution in [0.2, 0.25) is 0 Å². The van der Waals surface area contributed by atoms with E-state index in [0.717, 1.165) is 11.0 Å². The van der Waals surface area contributed by atoms with Crippen LogP contribution in [0.1, 0.15) is 33.6 Å². The number of carbonyl (C=O) groups is 1. The number of piperidine rings is 1. The zero-order valence-electron chi connectivity index (χ0n) is 18.8. The highest BCUT2D eigenvalue weighted by molar-refractivity contribution is 8.26. The van der Waals surface area contributed by atoms with Crippen LogP contribution in [0.25, 0.3) is 0 Å². The van der Waals surface area contributed by atoms with Gasteiger partial charge in [0.05, 0.1) is 11.0 Å². The summed E-state index contributed by atoms with van der Waals surface area (Å²) in [6, 6.07) is 0. The molecule has 4 heterocycles. The molecule has 4 aliphatic rings. The number of hydrazone groups is 1. The number of nitrogens with one attached hydrogen (secondary N) is 1. The summed E-state index contributed by atoms with van der Waals surface area (Å²) in [6.45, 7) is 13.4. The Balaban J connectivity index is 0.000000164. The highest BCUT2D eigenvalue weighted by atomic mass is 32.2. The Morgan fingerprint density at radius 2 is 1.41 bits per heavy atom. The van der Waals surface area contributed by atoms with Crippen molar-refractivity contribution in [2.45, 2.75) is 33.6 Å². The molecule has 0 spiro atoms. The summed E-state index contributed by atoms with van der Waals surface area (Å²) < 4.78 is 0. The van der Waals surface area contributed by atoms with Crippen molar-refractivity contribution in [1.82, 2.24) is 19.7 Å². The third-order valence-electron chi connectivity index (χ3n) is 5.61. The molecule has 1 atom stereocenters. The molecule has 1 amide bonds. The summed E-state index contributed by atoms with van der Waals surface area (Å²) in [5, 5.41) is 14.5. The monoisotopic (exact) mass is 423 g/mol. The molecule has 4 rings (SSSR count). The maximum atomic E-state index is 11.2. The number of hydrogen-bond acceptors (Lipinski definition) is 7. The van der Waals surface area contributed by atoms with Crippen LogP contribution in [0.15, 0.2) is 10.1 Å². The number of hydrogen-bond donors (Lipinski definition) is 1. The van der Waals surface area contributed by atoms with E-state index < -0.39 is 5.92 Å². The van der Waals surface area contributed by atoms with Gasteiger partial charge in [0.1, 0.15) is 5.84 Å². The molecule has 0 aromatic rings. The number of aliphatic imine (C=N–C) groups is 1. The van der Waals surface area contributed by atoms with Crippen molar-refractivity contribution in [3.05, 3.63) is 0 Å². The lowest BCUT2D eigenvalue weighted by molar-refractivity contribution is -0.119. The van der Waals surface area contributed by atoms with Gasteiger partial charge in [0.2, 0.25) is 0 Å². The number of likely N-dealkylation sites (N-methyl/N-ethyl adjacent to an activating group) is 2. The molecule has 1 N–H and O–H groups in total. The van der Waals surface area contributed by atoms with Crippen LogP contribution in [-0.2, 0) is 4.79 Å². The molecule has 0 radical (unpaired) electrons. The molecule has 0 bridgehead atoms. The van der Waals surface area contributed by atoms with Crippen molar-refractivity contribution < 1.29 is 4.79 Å². The molecule has 0 aliphatic carbocycles. The molecule has 0 saturated carbocycles. The first-order chi connectivity index (χ1) is 13.7. The fraction of sp³-hybridized carbons (Fsp3) is 0.800. The second-order valence-electron chi connectivity index (χ2n) is 8.46. The number of likely N-dealkylation sites (tertiary alicyclic amines) is 1. The summed E-state index contributed by atoms with van der Waals surface area (Å²) in [5.74, 6) is 0.457. The van der Waals surface area contributed by atoms with E-state index in [2.05, 4.69) is 52.9 Å². The van der Waals surface area contributed by atoms with Crippen LogP contribution in [0.5, 0.6) is 0 Å². The first-order valence-electron chi connectivity index (χ1n) is 10.5. The molecule has 8 nitrogen and oxygen atoms in total. The van der Waals surface area contributed by atoms with Crippen LogP contribution < -0.4 is 0 Å². The highest BCUT2D eigenvalue weighted by Crippen LogP contribution is 2.26. The number of rotatable bonds is 0. The summed E-state index contributed by atoms with van der Waals surface area (Å²) >= 11 is 1.32. The van der Waals surface area contributed by atoms with Gasteiger partial charge in [-0.3, -0.25) is 10.2 Å². The molecule has 0 aromatic heterocycles. The molecule has 9 heteroatoms. The Morgan fingerprint density at radius 3 is 1.90 bits per heavy atom. The van der Waals surface area contributed by atoms with Gasteiger partial charge in [-0.25, -0.2) is 0 Å². The number of amides is 1. The number of amidine groups is 2. The van der Waals surface area contributed by atoms with Crippen molar-refractivity contribution in [3.8, 4) is 0 Å². The Bertz CT molecular complexity index is 595. The van der Waals surface area contributed by atoms with E-state index in [0.29, 0.717) is 5.17 Å². The van der Waals surface area contributed by atoms with Gasteiger partial charge in [-0.15, -0.1) is 0 Å². The smallest absolute Gasteiger partial charge is 0.258 e. The second kappa shape index (κ2) is 11.2. The average Bonchev–Trinajstić information content (AvgIpc) is 3.06. The van der Waals surface area contributed by atoms with Crippen LogP contribution >= 0.6 is 11.8 Å². The molecular weight excluding hydrogens is 386 g/mol. The van der Waals surface area contributed by atoms with Crippen LogP contribution in [0, 0.1) is 17.2 Å². The molecule has 4 aliphatic heterocycles. The van der Waals surface area contributed by atoms with Crippen molar-refractivity contribution >= 4 is 33.7 Å². The lowest BCUT2D eigenvalue weighted by Crippen LogP contribution is -2.42. The summed E-state index contributed by atoms with van der Waals surface area (Å²) in [5.41, 5.74) is 0. The average molecular weight is 424 g/mol. The molecule has 29 heavy (non-hydrogen) atoms. The van der Waals surface area contributed by atoms with E-state index >= 15 is 0 Å². The molecule has 164 valence electrons. The highest BCUT2D eigenvalue weighted by Gasteiger charge is 2.35. The van der Waals surface area contributed by atoms with Gasteiger partial charge >= 0.3 is 0 Å². The molecule has 2 saturated heterocycles. The summed E-state index contributed by atoms with van der Waals surface area (Å²) in [7, 11) is 6.55. The minimum Gasteiger partial charge on any atom is -0.306 e. The van der Waals surface area contributed by atoms with Crippen molar-refractivity contribution in [1.29, 1.82) is 5.41 Å². The minimum absolute atomic E-state index is 0.208. The first-order valence-corrected chi connectivity index (χ1v) is 11.3. The van der Waals surface area contributed by atoms with Crippen LogP contribution in [0.3, 0.4) is 0 Å². The summed E-state index contributed by atoms with van der Waals surface area (Å²) in [6.07, 6.45) is 2.80. The quantitative estimate of drug-likeness (QED) is 0.643. The second-order valence-corrected chi connectivity index (χ2v) is 9.62. The SMILES string of the molecule is CC1=NN2C(=N)C(C)C(=O)N=C2S1.CC1CCN(C)CC1.CN1CCN(C)CC1. The van der Waals surface area contributed by atoms with Gasteiger partial charge in [0.25, 0.3) is 5.91 Å². The number of piperazine rings is 1. The molecule has 2 fully saturated rings. The molecular formula is C20H37N7OS. The zero-order valence-corrected chi connectivity index (χ0v) is 19.6. The third kappa shape index (κ3) is 7.47. The van der Waals surface area contributed by atoms with E-state index in [1.807, 2.05) is 6.92 Å². The van der Waals surface area contributed by atoms with E-state index in [1.165, 1.54) is 68.9 Å². The Kier molecular flexibility index (Phi) is 9.26. The number of carbonyl (C=O) groups excluding carboxylic acids is 1. The van der Waals surface area contributed by atoms with Gasteiger partial charge in [-0.2, -0.15) is 15.1 Å². The zero-order chi connectivity index (χ0) is 21.6. The fourth-order valence-corrected chi connectivity index (χ4v) is 3.89. The fourth-order valence-electron chi connectivity index (χ4n) is 3.14. The normalized spacial score (nSPS) is 26.7. The molecule has 0 aromatic carbocycles. The maximum Gasteiger partial charge on any atom is 0.258 e. The number of fused-ring (bicyclic) bond motifs is 1. The van der Waals surface area contributed by atoms with Gasteiger partial charge in [-0.05, 0) is 78.6 Å². The van der Waals surface area contributed by atoms with Crippen LogP contribution in [-0.4, -0.2) is 102 Å². The lowest BCUT2D eigenvalue weighted by atomic mass is 10.00. The van der Waals surface area contributed by atoms with Crippen LogP contribution in [0.4, 0.5) is 0 Å². The van der Waals surface area contributed by atoms with Gasteiger partial charge in [0, 0.05) is 26.2 Å². The Hall–Kier alpha value is -1.29. The number of thioether (sulfide) groups is 1. The predicted molar refractivity (Wildman–Crippen MR) is 123 cm³/mol. The number of nitrogens with zero attached hydrogens (tertiary/aromatic N) is 6. The van der Waals surface area contributed by atoms with E-state index in [9.17, 15) is 4.79 Å². The van der Waals surface area contributed by atoms with Crippen molar-refractivity contribution in [2.24, 2.45) is 21.9 Å². The standard InChI is InChI=1S/C7H8N4OS.C7H15N.C6H14N2/c1-3-5(8)11-7(9-6(3)12)13-4(2)10-11;2*1-7-3-5-8(2)6-4-7/h3,8H,1-2H3;7H,3-6H2,1-2H3;3-6H2,1-2H3. The maximum absolute atomic E-state index is 11.2. The Labute approximate surface area is 179 Å². The van der Waals surface area contributed by atoms with Crippen molar-refractivity contribution in [3.63, 3.8) is 0 Å². The first kappa shape index (κ1) is 24.0. The summed E-state index contributed by atoms with van der Waals surface area (Å²) in [4.78, 5) is 22.2. The lowest BCUT2D eigenvalue weighted by Gasteiger charge is -2.28. The van der Waals surface area contributed by atoms with E-state index in [-0.39, 0.29) is 11.7 Å². The van der Waals surface area contributed by atoms with Gasteiger partial charge < -0.3 is 14.7 Å². The van der Waals surface area contributed by atoms with Gasteiger partial charge in [0.15, 0.2) is 5.17 Å². The molecule has 1 unspecified atom stereocenters. The van der Waals surface area contributed by atoms with Gasteiger partial charge in [-0.1, -0.05) is 6.92 Å². The van der Waals surface area contributed by atoms with E-state index in [4.69, 9.17) is 5.41 Å². The largest absolute Gasteiger partial charge is 0.306 e. The Morgan fingerprint density at radius 1 is 0.931 bits per heavy atom. The topological polar surface area (TPSA) is 78.6 Å². The predicted octanol–water partition coefficient (Wildman–Crippen LogP) is 2.09. The minimum atomic E-state index is -0.473. The third-order valence-corrected chi connectivity index (χ3v) is 6.43. The van der Waals surface area contributed by atoms with Crippen molar-refractivity contribution in [2.75, 3.05) is 60.4 Å². The van der Waals surface area contributed by atoms with E-state index in [1.54, 1.807) is 6.92 Å².